The fourth-order valence-corrected chi connectivity index (χ4v) is 2.72. The largest absolute Gasteiger partial charge is 0.325 e. The van der Waals surface area contributed by atoms with Crippen LogP contribution in [0.15, 0.2) is 54.7 Å². The molecule has 2 amide bonds. The van der Waals surface area contributed by atoms with Crippen LogP contribution in [0.5, 0.6) is 0 Å². The van der Waals surface area contributed by atoms with E-state index in [1.54, 1.807) is 6.20 Å². The van der Waals surface area contributed by atoms with E-state index in [1.165, 1.54) is 11.3 Å². The first-order chi connectivity index (χ1) is 11.2. The molecule has 2 aromatic heterocycles. The lowest BCUT2D eigenvalue weighted by molar-refractivity contribution is 0.250. The van der Waals surface area contributed by atoms with Gasteiger partial charge in [0.25, 0.3) is 0 Å². The summed E-state index contributed by atoms with van der Waals surface area (Å²) in [6, 6.07) is 14.6. The highest BCUT2D eigenvalue weighted by Crippen LogP contribution is 2.20. The van der Waals surface area contributed by atoms with Crippen molar-refractivity contribution in [3.8, 4) is 0 Å². The number of carbonyl (C=O) groups excluding carboxylic acids is 1. The second-order valence-electron chi connectivity index (χ2n) is 4.82. The summed E-state index contributed by atoms with van der Waals surface area (Å²) >= 11 is 1.32. The molecule has 7 heteroatoms. The molecule has 0 aliphatic carbocycles. The van der Waals surface area contributed by atoms with Gasteiger partial charge in [0, 0.05) is 6.20 Å². The molecule has 1 aromatic carbocycles. The molecule has 0 unspecified atom stereocenters. The first kappa shape index (κ1) is 15.1. The highest BCUT2D eigenvalue weighted by atomic mass is 32.1. The number of hydrogen-bond donors (Lipinski definition) is 2. The van der Waals surface area contributed by atoms with Crippen LogP contribution in [0.1, 0.15) is 22.3 Å². The number of aryl methyl sites for hydroxylation is 1. The van der Waals surface area contributed by atoms with Gasteiger partial charge in [0.2, 0.25) is 5.13 Å². The van der Waals surface area contributed by atoms with Gasteiger partial charge in [0.15, 0.2) is 0 Å². The van der Waals surface area contributed by atoms with Gasteiger partial charge in [0.05, 0.1) is 11.7 Å². The van der Waals surface area contributed by atoms with E-state index in [9.17, 15) is 4.79 Å². The molecule has 6 nitrogen and oxygen atoms in total. The van der Waals surface area contributed by atoms with Gasteiger partial charge in [-0.2, -0.15) is 0 Å². The van der Waals surface area contributed by atoms with Crippen LogP contribution in [0, 0.1) is 6.92 Å². The van der Waals surface area contributed by atoms with E-state index in [1.807, 2.05) is 55.5 Å². The van der Waals surface area contributed by atoms with E-state index in [4.69, 9.17) is 0 Å². The average Bonchev–Trinajstić information content (AvgIpc) is 2.99. The zero-order valence-corrected chi connectivity index (χ0v) is 13.2. The average molecular weight is 325 g/mol. The molecule has 0 aliphatic rings. The van der Waals surface area contributed by atoms with Gasteiger partial charge in [-0.05, 0) is 24.6 Å². The van der Waals surface area contributed by atoms with Crippen molar-refractivity contribution in [1.82, 2.24) is 20.5 Å². The SMILES string of the molecule is Cc1nnc(NC(=O)N[C@@H](c2ccccc2)c2ccccn2)s1. The molecule has 3 aromatic rings. The van der Waals surface area contributed by atoms with Crippen LogP contribution >= 0.6 is 11.3 Å². The molecule has 0 saturated carbocycles. The molecule has 2 heterocycles. The molecule has 2 N–H and O–H groups in total. The molecule has 23 heavy (non-hydrogen) atoms. The maximum atomic E-state index is 12.3. The van der Waals surface area contributed by atoms with Gasteiger partial charge in [-0.15, -0.1) is 10.2 Å². The molecule has 0 spiro atoms. The van der Waals surface area contributed by atoms with Crippen LogP contribution in [0.25, 0.3) is 0 Å². The minimum Gasteiger partial charge on any atom is -0.325 e. The fraction of sp³-hybridized carbons (Fsp3) is 0.125. The highest BCUT2D eigenvalue weighted by molar-refractivity contribution is 7.15. The van der Waals surface area contributed by atoms with Crippen molar-refractivity contribution in [2.75, 3.05) is 5.32 Å². The van der Waals surface area contributed by atoms with Crippen LogP contribution in [-0.4, -0.2) is 21.2 Å². The van der Waals surface area contributed by atoms with Gasteiger partial charge in [0.1, 0.15) is 5.01 Å². The standard InChI is InChI=1S/C16H15N5OS/c1-11-20-21-16(23-11)19-15(22)18-14(12-7-3-2-4-8-12)13-9-5-6-10-17-13/h2-10,14H,1H3,(H2,18,19,21,22)/t14-/m0/s1. The smallest absolute Gasteiger partial charge is 0.321 e. The summed E-state index contributed by atoms with van der Waals surface area (Å²) < 4.78 is 0. The van der Waals surface area contributed by atoms with Crippen molar-refractivity contribution in [3.63, 3.8) is 0 Å². The Morgan fingerprint density at radius 3 is 2.52 bits per heavy atom. The van der Waals surface area contributed by atoms with Crippen molar-refractivity contribution in [1.29, 1.82) is 0 Å². The fourth-order valence-electron chi connectivity index (χ4n) is 2.13. The first-order valence-electron chi connectivity index (χ1n) is 7.06. The number of benzene rings is 1. The number of pyridine rings is 1. The highest BCUT2D eigenvalue weighted by Gasteiger charge is 2.18. The van der Waals surface area contributed by atoms with Gasteiger partial charge < -0.3 is 5.32 Å². The second kappa shape index (κ2) is 6.97. The lowest BCUT2D eigenvalue weighted by Crippen LogP contribution is -2.33. The molecule has 0 bridgehead atoms. The monoisotopic (exact) mass is 325 g/mol. The first-order valence-corrected chi connectivity index (χ1v) is 7.87. The lowest BCUT2D eigenvalue weighted by atomic mass is 10.0. The zero-order valence-electron chi connectivity index (χ0n) is 12.4. The summed E-state index contributed by atoms with van der Waals surface area (Å²) in [5.74, 6) is 0. The van der Waals surface area contributed by atoms with E-state index in [0.29, 0.717) is 5.13 Å². The van der Waals surface area contributed by atoms with Gasteiger partial charge in [-0.3, -0.25) is 10.3 Å². The third-order valence-corrected chi connectivity index (χ3v) is 3.89. The van der Waals surface area contributed by atoms with E-state index < -0.39 is 0 Å². The normalized spacial score (nSPS) is 11.7. The quantitative estimate of drug-likeness (QED) is 0.772. The number of carbonyl (C=O) groups is 1. The predicted octanol–water partition coefficient (Wildman–Crippen LogP) is 3.15. The minimum absolute atomic E-state index is 0.341. The summed E-state index contributed by atoms with van der Waals surface area (Å²) in [5.41, 5.74) is 1.72. The number of urea groups is 1. The van der Waals surface area contributed by atoms with Gasteiger partial charge in [-0.25, -0.2) is 4.79 Å². The van der Waals surface area contributed by atoms with Crippen LogP contribution in [0.2, 0.25) is 0 Å². The molecule has 1 atom stereocenters. The Morgan fingerprint density at radius 1 is 1.09 bits per heavy atom. The predicted molar refractivity (Wildman–Crippen MR) is 89.3 cm³/mol. The van der Waals surface area contributed by atoms with Crippen molar-refractivity contribution >= 4 is 22.5 Å². The van der Waals surface area contributed by atoms with Crippen molar-refractivity contribution < 1.29 is 4.79 Å². The molecule has 0 fully saturated rings. The maximum Gasteiger partial charge on any atom is 0.321 e. The van der Waals surface area contributed by atoms with Crippen molar-refractivity contribution in [2.24, 2.45) is 0 Å². The number of nitrogens with one attached hydrogen (secondary N) is 2. The maximum absolute atomic E-state index is 12.3. The number of rotatable bonds is 4. The molecular formula is C16H15N5OS. The Hall–Kier alpha value is -2.80. The third-order valence-electron chi connectivity index (χ3n) is 3.14. The van der Waals surface area contributed by atoms with Crippen molar-refractivity contribution in [3.05, 3.63) is 71.0 Å². The number of nitrogens with zero attached hydrogens (tertiary/aromatic N) is 3. The topological polar surface area (TPSA) is 79.8 Å². The number of anilines is 1. The zero-order chi connectivity index (χ0) is 16.1. The van der Waals surface area contributed by atoms with Gasteiger partial charge >= 0.3 is 6.03 Å². The van der Waals surface area contributed by atoms with E-state index in [-0.39, 0.29) is 12.1 Å². The Bertz CT molecular complexity index is 736. The second-order valence-corrected chi connectivity index (χ2v) is 6.00. The lowest BCUT2D eigenvalue weighted by Gasteiger charge is -2.18. The molecule has 0 radical (unpaired) electrons. The summed E-state index contributed by atoms with van der Waals surface area (Å²) in [4.78, 5) is 16.6. The molecular weight excluding hydrogens is 310 g/mol. The summed E-state index contributed by atoms with van der Waals surface area (Å²) in [7, 11) is 0. The van der Waals surface area contributed by atoms with Crippen LogP contribution in [0.3, 0.4) is 0 Å². The Kier molecular flexibility index (Phi) is 4.58. The minimum atomic E-state index is -0.347. The summed E-state index contributed by atoms with van der Waals surface area (Å²) in [6.07, 6.45) is 1.71. The Morgan fingerprint density at radius 2 is 1.87 bits per heavy atom. The van der Waals surface area contributed by atoms with Gasteiger partial charge in [-0.1, -0.05) is 47.7 Å². The van der Waals surface area contributed by atoms with Crippen LogP contribution < -0.4 is 10.6 Å². The van der Waals surface area contributed by atoms with Crippen LogP contribution in [0.4, 0.5) is 9.93 Å². The Balaban J connectivity index is 1.80. The third kappa shape index (κ3) is 3.89. The number of amides is 2. The van der Waals surface area contributed by atoms with E-state index in [2.05, 4.69) is 25.8 Å². The summed E-state index contributed by atoms with van der Waals surface area (Å²) in [6.45, 7) is 1.83. The summed E-state index contributed by atoms with van der Waals surface area (Å²) in [5, 5.41) is 14.7. The Labute approximate surface area is 137 Å². The van der Waals surface area contributed by atoms with Crippen LogP contribution in [-0.2, 0) is 0 Å². The van der Waals surface area contributed by atoms with E-state index in [0.717, 1.165) is 16.3 Å². The number of aromatic nitrogens is 3. The van der Waals surface area contributed by atoms with E-state index >= 15 is 0 Å². The molecule has 3 rings (SSSR count). The number of hydrogen-bond acceptors (Lipinski definition) is 5. The molecule has 116 valence electrons. The molecule has 0 saturated heterocycles. The molecule has 0 aliphatic heterocycles. The van der Waals surface area contributed by atoms with Crippen molar-refractivity contribution in [2.45, 2.75) is 13.0 Å².